The van der Waals surface area contributed by atoms with Crippen LogP contribution in [0.1, 0.15) is 18.4 Å². The molecule has 29 heavy (non-hydrogen) atoms. The second-order valence-electron chi connectivity index (χ2n) is 7.18. The van der Waals surface area contributed by atoms with E-state index >= 15 is 0 Å². The van der Waals surface area contributed by atoms with Crippen LogP contribution in [-0.4, -0.2) is 38.7 Å². The van der Waals surface area contributed by atoms with Gasteiger partial charge in [0.15, 0.2) is 6.10 Å². The summed E-state index contributed by atoms with van der Waals surface area (Å²) in [4.78, 5) is 27.9. The Bertz CT molecular complexity index is 1120. The average molecular weight is 397 g/mol. The highest BCUT2D eigenvalue weighted by Gasteiger charge is 2.34. The summed E-state index contributed by atoms with van der Waals surface area (Å²) in [7, 11) is 1.86. The standard InChI is InChI=1S/C21H20FN3O4/c1-11-9-12(19-23-15-10-13(22)4-6-16(15)25(19)2)3-5-14(11)24-20(26)17-7-8-18(29-17)21(27)28/h3-6,9-10,17-18H,7-8H2,1-2H3,(H,24,26)(H,27,28)/t17-,18+/m0/s1. The number of imidazole rings is 1. The number of carboxylic acid groups (broad SMARTS) is 1. The molecule has 2 heterocycles. The van der Waals surface area contributed by atoms with Crippen molar-refractivity contribution in [3.63, 3.8) is 0 Å². The van der Waals surface area contributed by atoms with Crippen molar-refractivity contribution < 1.29 is 23.8 Å². The molecule has 1 fully saturated rings. The molecular formula is C21H20FN3O4. The van der Waals surface area contributed by atoms with Gasteiger partial charge in [-0.2, -0.15) is 0 Å². The fourth-order valence-corrected chi connectivity index (χ4v) is 3.60. The topological polar surface area (TPSA) is 93.5 Å². The summed E-state index contributed by atoms with van der Waals surface area (Å²) in [6.45, 7) is 1.86. The Labute approximate surface area is 166 Å². The van der Waals surface area contributed by atoms with Gasteiger partial charge < -0.3 is 19.7 Å². The van der Waals surface area contributed by atoms with Gasteiger partial charge in [0, 0.05) is 24.4 Å². The maximum atomic E-state index is 13.5. The van der Waals surface area contributed by atoms with E-state index in [4.69, 9.17) is 9.84 Å². The first-order chi connectivity index (χ1) is 13.8. The molecule has 1 amide bonds. The molecule has 8 heteroatoms. The van der Waals surface area contributed by atoms with Gasteiger partial charge in [0.1, 0.15) is 17.7 Å². The summed E-state index contributed by atoms with van der Waals surface area (Å²) >= 11 is 0. The SMILES string of the molecule is Cc1cc(-c2nc3cc(F)ccc3n2C)ccc1NC(=O)[C@@H]1CC[C@H](C(=O)O)O1. The second-order valence-corrected chi connectivity index (χ2v) is 7.18. The molecule has 0 unspecified atom stereocenters. The highest BCUT2D eigenvalue weighted by Crippen LogP contribution is 2.28. The van der Waals surface area contributed by atoms with Crippen LogP contribution in [0.5, 0.6) is 0 Å². The molecule has 2 atom stereocenters. The van der Waals surface area contributed by atoms with Crippen molar-refractivity contribution in [2.45, 2.75) is 32.0 Å². The number of hydrogen-bond acceptors (Lipinski definition) is 4. The van der Waals surface area contributed by atoms with Crippen molar-refractivity contribution in [1.82, 2.24) is 9.55 Å². The number of carboxylic acids is 1. The lowest BCUT2D eigenvalue weighted by atomic mass is 10.1. The van der Waals surface area contributed by atoms with E-state index in [2.05, 4.69) is 10.3 Å². The Morgan fingerprint density at radius 2 is 1.97 bits per heavy atom. The monoisotopic (exact) mass is 397 g/mol. The summed E-state index contributed by atoms with van der Waals surface area (Å²) in [5.74, 6) is -1.06. The molecule has 2 aromatic carbocycles. The molecule has 7 nitrogen and oxygen atoms in total. The third-order valence-corrected chi connectivity index (χ3v) is 5.17. The summed E-state index contributed by atoms with van der Waals surface area (Å²) in [5.41, 5.74) is 3.67. The summed E-state index contributed by atoms with van der Waals surface area (Å²) in [6, 6.07) is 9.98. The smallest absolute Gasteiger partial charge is 0.332 e. The largest absolute Gasteiger partial charge is 0.479 e. The van der Waals surface area contributed by atoms with E-state index in [1.807, 2.05) is 30.7 Å². The number of aromatic nitrogens is 2. The molecule has 0 spiro atoms. The number of rotatable bonds is 4. The number of carbonyl (C=O) groups excluding carboxylic acids is 1. The zero-order valence-corrected chi connectivity index (χ0v) is 16.0. The Morgan fingerprint density at radius 1 is 1.21 bits per heavy atom. The van der Waals surface area contributed by atoms with Gasteiger partial charge in [-0.3, -0.25) is 4.79 Å². The van der Waals surface area contributed by atoms with Crippen LogP contribution in [0.4, 0.5) is 10.1 Å². The minimum atomic E-state index is -1.05. The van der Waals surface area contributed by atoms with Crippen molar-refractivity contribution in [3.8, 4) is 11.4 Å². The van der Waals surface area contributed by atoms with Crippen LogP contribution in [0, 0.1) is 12.7 Å². The summed E-state index contributed by atoms with van der Waals surface area (Å²) in [6.07, 6.45) is -1.02. The van der Waals surface area contributed by atoms with Gasteiger partial charge in [0.05, 0.1) is 11.0 Å². The molecule has 1 aliphatic heterocycles. The predicted octanol–water partition coefficient (Wildman–Crippen LogP) is 3.26. The summed E-state index contributed by atoms with van der Waals surface area (Å²) < 4.78 is 20.7. The Hall–Kier alpha value is -3.26. The predicted molar refractivity (Wildman–Crippen MR) is 105 cm³/mol. The Morgan fingerprint density at radius 3 is 2.66 bits per heavy atom. The number of halogens is 1. The van der Waals surface area contributed by atoms with Crippen molar-refractivity contribution in [2.75, 3.05) is 5.32 Å². The van der Waals surface area contributed by atoms with Gasteiger partial charge in [0.2, 0.25) is 0 Å². The number of benzene rings is 2. The van der Waals surface area contributed by atoms with Gasteiger partial charge in [-0.25, -0.2) is 14.2 Å². The fraction of sp³-hybridized carbons (Fsp3) is 0.286. The van der Waals surface area contributed by atoms with Crippen LogP contribution in [0.3, 0.4) is 0 Å². The van der Waals surface area contributed by atoms with E-state index in [9.17, 15) is 14.0 Å². The van der Waals surface area contributed by atoms with E-state index in [0.717, 1.165) is 16.6 Å². The molecule has 3 aromatic rings. The zero-order valence-electron chi connectivity index (χ0n) is 16.0. The average Bonchev–Trinajstić information content (AvgIpc) is 3.29. The molecule has 0 radical (unpaired) electrons. The van der Waals surface area contributed by atoms with Gasteiger partial charge in [-0.15, -0.1) is 0 Å². The maximum Gasteiger partial charge on any atom is 0.332 e. The van der Waals surface area contributed by atoms with E-state index in [1.54, 1.807) is 12.1 Å². The van der Waals surface area contributed by atoms with Crippen LogP contribution < -0.4 is 5.32 Å². The van der Waals surface area contributed by atoms with E-state index in [0.29, 0.717) is 29.9 Å². The third-order valence-electron chi connectivity index (χ3n) is 5.17. The molecule has 4 rings (SSSR count). The number of aliphatic carboxylic acids is 1. The van der Waals surface area contributed by atoms with Gasteiger partial charge in [-0.1, -0.05) is 0 Å². The Balaban J connectivity index is 1.55. The minimum absolute atomic E-state index is 0.318. The second kappa shape index (κ2) is 7.29. The highest BCUT2D eigenvalue weighted by atomic mass is 19.1. The number of ether oxygens (including phenoxy) is 1. The van der Waals surface area contributed by atoms with Gasteiger partial charge >= 0.3 is 5.97 Å². The number of fused-ring (bicyclic) bond motifs is 1. The quantitative estimate of drug-likeness (QED) is 0.705. The first-order valence-electron chi connectivity index (χ1n) is 9.25. The molecule has 1 aromatic heterocycles. The zero-order chi connectivity index (χ0) is 20.7. The van der Waals surface area contributed by atoms with Crippen LogP contribution in [0.25, 0.3) is 22.4 Å². The van der Waals surface area contributed by atoms with Crippen LogP contribution in [0.2, 0.25) is 0 Å². The van der Waals surface area contributed by atoms with Crippen molar-refractivity contribution in [1.29, 1.82) is 0 Å². The molecule has 0 saturated carbocycles. The lowest BCUT2D eigenvalue weighted by molar-refractivity contribution is -0.150. The van der Waals surface area contributed by atoms with Crippen LogP contribution >= 0.6 is 0 Å². The molecular weight excluding hydrogens is 377 g/mol. The van der Waals surface area contributed by atoms with E-state index in [-0.39, 0.29) is 11.7 Å². The normalized spacial score (nSPS) is 18.9. The van der Waals surface area contributed by atoms with Crippen molar-refractivity contribution >= 4 is 28.6 Å². The van der Waals surface area contributed by atoms with Gasteiger partial charge in [-0.05, 0) is 55.7 Å². The number of nitrogens with zero attached hydrogens (tertiary/aromatic N) is 2. The molecule has 2 N–H and O–H groups in total. The van der Waals surface area contributed by atoms with Crippen LogP contribution in [0.15, 0.2) is 36.4 Å². The number of carbonyl (C=O) groups is 2. The van der Waals surface area contributed by atoms with E-state index in [1.165, 1.54) is 12.1 Å². The number of amides is 1. The number of anilines is 1. The molecule has 0 aliphatic carbocycles. The van der Waals surface area contributed by atoms with Crippen LogP contribution in [-0.2, 0) is 21.4 Å². The lowest BCUT2D eigenvalue weighted by Gasteiger charge is -2.14. The van der Waals surface area contributed by atoms with Gasteiger partial charge in [0.25, 0.3) is 5.91 Å². The van der Waals surface area contributed by atoms with Crippen molar-refractivity contribution in [2.24, 2.45) is 7.05 Å². The summed E-state index contributed by atoms with van der Waals surface area (Å²) in [5, 5.41) is 11.8. The first kappa shape index (κ1) is 19.1. The number of aryl methyl sites for hydroxylation is 2. The fourth-order valence-electron chi connectivity index (χ4n) is 3.60. The maximum absolute atomic E-state index is 13.5. The third kappa shape index (κ3) is 3.58. The molecule has 150 valence electrons. The molecule has 1 saturated heterocycles. The highest BCUT2D eigenvalue weighted by molar-refractivity contribution is 5.95. The van der Waals surface area contributed by atoms with Crippen molar-refractivity contribution in [3.05, 3.63) is 47.8 Å². The number of nitrogens with one attached hydrogen (secondary N) is 1. The lowest BCUT2D eigenvalue weighted by Crippen LogP contribution is -2.30. The first-order valence-corrected chi connectivity index (χ1v) is 9.25. The minimum Gasteiger partial charge on any atom is -0.479 e. The number of hydrogen-bond donors (Lipinski definition) is 2. The van der Waals surface area contributed by atoms with E-state index < -0.39 is 18.2 Å². The Kier molecular flexibility index (Phi) is 4.79. The molecule has 0 bridgehead atoms. The molecule has 1 aliphatic rings.